The molecule has 1 aliphatic rings. The molecule has 2 nitrogen and oxygen atoms in total. The molecule has 1 N–H and O–H groups in total. The van der Waals surface area contributed by atoms with Gasteiger partial charge in [0.2, 0.25) is 0 Å². The van der Waals surface area contributed by atoms with E-state index in [-0.39, 0.29) is 0 Å². The van der Waals surface area contributed by atoms with Crippen LogP contribution in [0.3, 0.4) is 0 Å². The highest BCUT2D eigenvalue weighted by Crippen LogP contribution is 2.22. The topological polar surface area (TPSA) is 15.3 Å². The Kier molecular flexibility index (Phi) is 7.20. The van der Waals surface area contributed by atoms with Gasteiger partial charge in [0.05, 0.1) is 0 Å². The van der Waals surface area contributed by atoms with Crippen molar-refractivity contribution in [3.63, 3.8) is 0 Å². The molecule has 0 radical (unpaired) electrons. The lowest BCUT2D eigenvalue weighted by Crippen LogP contribution is -2.54. The van der Waals surface area contributed by atoms with Crippen molar-refractivity contribution in [2.24, 2.45) is 0 Å². The summed E-state index contributed by atoms with van der Waals surface area (Å²) < 4.78 is 0. The van der Waals surface area contributed by atoms with E-state index in [9.17, 15) is 0 Å². The number of rotatable bonds is 3. The van der Waals surface area contributed by atoms with Crippen LogP contribution in [-0.4, -0.2) is 37.6 Å². The first-order valence-electron chi connectivity index (χ1n) is 6.08. The molecule has 1 unspecified atom stereocenters. The number of hydrogen-bond donors (Lipinski definition) is 1. The second-order valence-electron chi connectivity index (χ2n) is 4.26. The quantitative estimate of drug-likeness (QED) is 0.753. The van der Waals surface area contributed by atoms with Gasteiger partial charge in [0.15, 0.2) is 0 Å². The Hall–Kier alpha value is -0.0800. The van der Waals surface area contributed by atoms with Crippen LogP contribution >= 0.6 is 0 Å². The normalized spacial score (nSPS) is 27.0. The first-order chi connectivity index (χ1) is 6.68. The molecule has 1 fully saturated rings. The predicted molar refractivity (Wildman–Crippen MR) is 64.8 cm³/mol. The third-order valence-electron chi connectivity index (χ3n) is 2.88. The SMILES string of the molecule is CC.CCC1(CN(C)C)CCCCN1. The van der Waals surface area contributed by atoms with Crippen LogP contribution < -0.4 is 5.32 Å². The third-order valence-corrected chi connectivity index (χ3v) is 2.88. The first-order valence-corrected chi connectivity index (χ1v) is 6.08. The van der Waals surface area contributed by atoms with Gasteiger partial charge in [-0.05, 0) is 39.9 Å². The molecule has 1 atom stereocenters. The summed E-state index contributed by atoms with van der Waals surface area (Å²) in [5.74, 6) is 0. The van der Waals surface area contributed by atoms with Crippen LogP contribution in [0.15, 0.2) is 0 Å². The predicted octanol–water partition coefficient (Wildman–Crippen LogP) is 2.50. The highest BCUT2D eigenvalue weighted by atomic mass is 15.1. The van der Waals surface area contributed by atoms with Crippen LogP contribution in [0.2, 0.25) is 0 Å². The van der Waals surface area contributed by atoms with Gasteiger partial charge in [0.1, 0.15) is 0 Å². The van der Waals surface area contributed by atoms with E-state index < -0.39 is 0 Å². The van der Waals surface area contributed by atoms with Crippen LogP contribution in [0.5, 0.6) is 0 Å². The lowest BCUT2D eigenvalue weighted by Gasteiger charge is -2.39. The van der Waals surface area contributed by atoms with E-state index in [4.69, 9.17) is 0 Å². The Balaban J connectivity index is 0.000000791. The zero-order valence-electron chi connectivity index (χ0n) is 10.7. The van der Waals surface area contributed by atoms with Crippen molar-refractivity contribution < 1.29 is 0 Å². The minimum absolute atomic E-state index is 0.418. The molecule has 0 aromatic carbocycles. The Morgan fingerprint density at radius 3 is 2.21 bits per heavy atom. The first kappa shape index (κ1) is 13.9. The van der Waals surface area contributed by atoms with Gasteiger partial charge in [0.25, 0.3) is 0 Å². The number of likely N-dealkylation sites (N-methyl/N-ethyl adjacent to an activating group) is 1. The van der Waals surface area contributed by atoms with E-state index in [0.29, 0.717) is 5.54 Å². The summed E-state index contributed by atoms with van der Waals surface area (Å²) in [4.78, 5) is 2.29. The highest BCUT2D eigenvalue weighted by Gasteiger charge is 2.29. The van der Waals surface area contributed by atoms with Crippen molar-refractivity contribution in [2.75, 3.05) is 27.2 Å². The van der Waals surface area contributed by atoms with Crippen LogP contribution in [0.4, 0.5) is 0 Å². The second-order valence-corrected chi connectivity index (χ2v) is 4.26. The van der Waals surface area contributed by atoms with Gasteiger partial charge >= 0.3 is 0 Å². The molecule has 2 heteroatoms. The monoisotopic (exact) mass is 200 g/mol. The van der Waals surface area contributed by atoms with Crippen molar-refractivity contribution in [1.29, 1.82) is 0 Å². The molecule has 14 heavy (non-hydrogen) atoms. The molecule has 0 aliphatic carbocycles. The van der Waals surface area contributed by atoms with Gasteiger partial charge in [-0.1, -0.05) is 27.2 Å². The Morgan fingerprint density at radius 2 is 1.86 bits per heavy atom. The maximum atomic E-state index is 3.67. The van der Waals surface area contributed by atoms with Crippen LogP contribution in [0.1, 0.15) is 46.5 Å². The van der Waals surface area contributed by atoms with E-state index in [1.54, 1.807) is 0 Å². The standard InChI is InChI=1S/C10H22N2.C2H6/c1-4-10(9-12(2)3)7-5-6-8-11-10;1-2/h11H,4-9H2,1-3H3;1-2H3. The summed E-state index contributed by atoms with van der Waals surface area (Å²) in [6, 6.07) is 0. The van der Waals surface area contributed by atoms with Gasteiger partial charge < -0.3 is 10.2 Å². The Labute approximate surface area is 90.1 Å². The smallest absolute Gasteiger partial charge is 0.0305 e. The molecule has 0 bridgehead atoms. The zero-order chi connectivity index (χ0) is 11.0. The summed E-state index contributed by atoms with van der Waals surface area (Å²) >= 11 is 0. The van der Waals surface area contributed by atoms with Gasteiger partial charge in [-0.3, -0.25) is 0 Å². The summed E-state index contributed by atoms with van der Waals surface area (Å²) in [7, 11) is 4.32. The number of hydrogen-bond acceptors (Lipinski definition) is 2. The molecular weight excluding hydrogens is 172 g/mol. The second kappa shape index (κ2) is 7.24. The molecule has 0 saturated carbocycles. The van der Waals surface area contributed by atoms with Gasteiger partial charge in [-0.15, -0.1) is 0 Å². The lowest BCUT2D eigenvalue weighted by molar-refractivity contribution is 0.183. The number of nitrogens with one attached hydrogen (secondary N) is 1. The van der Waals surface area contributed by atoms with Gasteiger partial charge in [-0.2, -0.15) is 0 Å². The Morgan fingerprint density at radius 1 is 1.21 bits per heavy atom. The fourth-order valence-electron chi connectivity index (χ4n) is 2.18. The van der Waals surface area contributed by atoms with E-state index >= 15 is 0 Å². The molecule has 0 aromatic rings. The summed E-state index contributed by atoms with van der Waals surface area (Å²) in [5.41, 5.74) is 0.418. The number of piperidine rings is 1. The molecule has 1 heterocycles. The van der Waals surface area contributed by atoms with Crippen molar-refractivity contribution in [3.05, 3.63) is 0 Å². The molecule has 86 valence electrons. The van der Waals surface area contributed by atoms with Crippen LogP contribution in [-0.2, 0) is 0 Å². The molecule has 0 aromatic heterocycles. The highest BCUT2D eigenvalue weighted by molar-refractivity contribution is 4.91. The van der Waals surface area contributed by atoms with E-state index in [1.807, 2.05) is 13.8 Å². The Bertz CT molecular complexity index is 126. The van der Waals surface area contributed by atoms with Crippen molar-refractivity contribution in [1.82, 2.24) is 10.2 Å². The zero-order valence-corrected chi connectivity index (χ0v) is 10.7. The van der Waals surface area contributed by atoms with E-state index in [1.165, 1.54) is 38.8 Å². The fourth-order valence-corrected chi connectivity index (χ4v) is 2.18. The number of nitrogens with zero attached hydrogens (tertiary/aromatic N) is 1. The average molecular weight is 200 g/mol. The fraction of sp³-hybridized carbons (Fsp3) is 1.00. The van der Waals surface area contributed by atoms with Crippen molar-refractivity contribution >= 4 is 0 Å². The van der Waals surface area contributed by atoms with Crippen LogP contribution in [0, 0.1) is 0 Å². The molecular formula is C12H28N2. The summed E-state index contributed by atoms with van der Waals surface area (Å²) in [6.45, 7) is 8.69. The molecule has 1 saturated heterocycles. The van der Waals surface area contributed by atoms with Crippen molar-refractivity contribution in [3.8, 4) is 0 Å². The maximum Gasteiger partial charge on any atom is 0.0305 e. The summed E-state index contributed by atoms with van der Waals surface area (Å²) in [6.07, 6.45) is 5.36. The maximum absolute atomic E-state index is 3.67. The van der Waals surface area contributed by atoms with E-state index in [0.717, 1.165) is 0 Å². The van der Waals surface area contributed by atoms with Gasteiger partial charge in [-0.25, -0.2) is 0 Å². The van der Waals surface area contributed by atoms with E-state index in [2.05, 4.69) is 31.2 Å². The molecule has 1 aliphatic heterocycles. The lowest BCUT2D eigenvalue weighted by atomic mass is 9.86. The van der Waals surface area contributed by atoms with Crippen molar-refractivity contribution in [2.45, 2.75) is 52.0 Å². The minimum Gasteiger partial charge on any atom is -0.310 e. The molecule has 0 spiro atoms. The molecule has 1 rings (SSSR count). The minimum atomic E-state index is 0.418. The largest absolute Gasteiger partial charge is 0.310 e. The van der Waals surface area contributed by atoms with Crippen LogP contribution in [0.25, 0.3) is 0 Å². The third kappa shape index (κ3) is 4.43. The van der Waals surface area contributed by atoms with Gasteiger partial charge in [0, 0.05) is 12.1 Å². The summed E-state index contributed by atoms with van der Waals surface area (Å²) in [5, 5.41) is 3.67. The molecule has 0 amide bonds. The average Bonchev–Trinajstić information content (AvgIpc) is 2.21.